The van der Waals surface area contributed by atoms with Crippen molar-refractivity contribution < 1.29 is 19.4 Å². The molecule has 1 heterocycles. The van der Waals surface area contributed by atoms with Crippen molar-refractivity contribution in [2.24, 2.45) is 17.8 Å². The van der Waals surface area contributed by atoms with Crippen LogP contribution in [-0.4, -0.2) is 59.8 Å². The van der Waals surface area contributed by atoms with Gasteiger partial charge in [-0.15, -0.1) is 0 Å². The van der Waals surface area contributed by atoms with Gasteiger partial charge in [-0.1, -0.05) is 30.3 Å². The summed E-state index contributed by atoms with van der Waals surface area (Å²) in [6, 6.07) is 11.6. The van der Waals surface area contributed by atoms with Crippen molar-refractivity contribution in [1.29, 1.82) is 5.26 Å². The number of piperidine rings is 1. The van der Waals surface area contributed by atoms with Gasteiger partial charge >= 0.3 is 12.1 Å². The van der Waals surface area contributed by atoms with Crippen LogP contribution in [0.2, 0.25) is 0 Å². The van der Waals surface area contributed by atoms with Crippen LogP contribution in [0.5, 0.6) is 0 Å². The predicted octanol–water partition coefficient (Wildman–Crippen LogP) is 2.97. The number of benzene rings is 1. The summed E-state index contributed by atoms with van der Waals surface area (Å²) in [5.74, 6) is 0.0782. The summed E-state index contributed by atoms with van der Waals surface area (Å²) < 4.78 is 4.79. The summed E-state index contributed by atoms with van der Waals surface area (Å²) in [4.78, 5) is 27.3. The molecule has 3 rings (SSSR count). The maximum absolute atomic E-state index is 12.0. The van der Waals surface area contributed by atoms with E-state index in [2.05, 4.69) is 23.1 Å². The highest BCUT2D eigenvalue weighted by Crippen LogP contribution is 2.41. The molecule has 29 heavy (non-hydrogen) atoms. The van der Waals surface area contributed by atoms with Crippen LogP contribution in [0.15, 0.2) is 30.3 Å². The minimum absolute atomic E-state index is 0.288. The number of nitrogens with zero attached hydrogens (tertiary/aromatic N) is 3. The van der Waals surface area contributed by atoms with E-state index in [9.17, 15) is 20.0 Å². The third kappa shape index (κ3) is 5.27. The largest absolute Gasteiger partial charge is 0.480 e. The first-order valence-electron chi connectivity index (χ1n) is 10.2. The molecule has 1 saturated heterocycles. The number of amides is 1. The standard InChI is InChI=1S/C22H29N3O4/c1-29-22(28)25-15-18-8-7-17(11-19(18)12-20(25)21(26)27)14-24(10-9-23)13-16-5-3-2-4-6-16/h2-6,17-20H,7-8,10-15H2,1H3,(H,26,27)/t17?,18-,19?,20?/m0/s1. The number of nitriles is 1. The average Bonchev–Trinajstić information content (AvgIpc) is 2.73. The van der Waals surface area contributed by atoms with E-state index in [1.807, 2.05) is 18.2 Å². The average molecular weight is 399 g/mol. The van der Waals surface area contributed by atoms with Gasteiger partial charge in [0.15, 0.2) is 0 Å². The molecule has 0 bridgehead atoms. The number of carboxylic acid groups (broad SMARTS) is 1. The van der Waals surface area contributed by atoms with Crippen molar-refractivity contribution in [3.8, 4) is 6.07 Å². The van der Waals surface area contributed by atoms with E-state index in [4.69, 9.17) is 4.74 Å². The zero-order chi connectivity index (χ0) is 20.8. The Kier molecular flexibility index (Phi) is 7.10. The highest BCUT2D eigenvalue weighted by atomic mass is 16.5. The lowest BCUT2D eigenvalue weighted by Crippen LogP contribution is -2.54. The third-order valence-corrected chi connectivity index (χ3v) is 6.34. The summed E-state index contributed by atoms with van der Waals surface area (Å²) in [7, 11) is 1.29. The highest BCUT2D eigenvalue weighted by Gasteiger charge is 2.44. The molecule has 1 amide bonds. The maximum atomic E-state index is 12.0. The smallest absolute Gasteiger partial charge is 0.410 e. The van der Waals surface area contributed by atoms with Gasteiger partial charge in [0.25, 0.3) is 0 Å². The van der Waals surface area contributed by atoms with Crippen molar-refractivity contribution in [2.45, 2.75) is 38.3 Å². The van der Waals surface area contributed by atoms with Crippen LogP contribution in [0.25, 0.3) is 0 Å². The molecule has 0 radical (unpaired) electrons. The van der Waals surface area contributed by atoms with E-state index in [-0.39, 0.29) is 5.92 Å². The molecule has 0 spiro atoms. The molecule has 1 aliphatic heterocycles. The Bertz CT molecular complexity index is 748. The fraction of sp³-hybridized carbons (Fsp3) is 0.591. The van der Waals surface area contributed by atoms with Gasteiger partial charge in [0.05, 0.1) is 19.7 Å². The van der Waals surface area contributed by atoms with Gasteiger partial charge < -0.3 is 9.84 Å². The molecule has 2 fully saturated rings. The Morgan fingerprint density at radius 1 is 1.24 bits per heavy atom. The van der Waals surface area contributed by atoms with Crippen LogP contribution in [0.1, 0.15) is 31.2 Å². The Labute approximate surface area is 171 Å². The number of carbonyl (C=O) groups is 2. The molecule has 1 aliphatic carbocycles. The fourth-order valence-electron chi connectivity index (χ4n) is 4.96. The topological polar surface area (TPSA) is 93.9 Å². The first-order valence-corrected chi connectivity index (χ1v) is 10.2. The lowest BCUT2D eigenvalue weighted by atomic mass is 9.69. The van der Waals surface area contributed by atoms with Crippen LogP contribution >= 0.6 is 0 Å². The second-order valence-corrected chi connectivity index (χ2v) is 8.22. The van der Waals surface area contributed by atoms with Crippen LogP contribution in [0.3, 0.4) is 0 Å². The van der Waals surface area contributed by atoms with Crippen LogP contribution in [0, 0.1) is 29.1 Å². The Morgan fingerprint density at radius 3 is 2.66 bits per heavy atom. The predicted molar refractivity (Wildman–Crippen MR) is 107 cm³/mol. The molecule has 1 saturated carbocycles. The quantitative estimate of drug-likeness (QED) is 0.739. The van der Waals surface area contributed by atoms with E-state index in [1.165, 1.54) is 17.6 Å². The number of carbonyl (C=O) groups excluding carboxylic acids is 1. The minimum atomic E-state index is -0.967. The van der Waals surface area contributed by atoms with E-state index in [1.54, 1.807) is 0 Å². The number of fused-ring (bicyclic) bond motifs is 1. The number of aliphatic carboxylic acids is 1. The van der Waals surface area contributed by atoms with Crippen molar-refractivity contribution >= 4 is 12.1 Å². The van der Waals surface area contributed by atoms with Crippen LogP contribution in [-0.2, 0) is 16.1 Å². The van der Waals surface area contributed by atoms with E-state index < -0.39 is 18.1 Å². The number of hydrogen-bond donors (Lipinski definition) is 1. The van der Waals surface area contributed by atoms with Gasteiger partial charge in [0, 0.05) is 19.6 Å². The number of carboxylic acids is 1. The van der Waals surface area contributed by atoms with Crippen molar-refractivity contribution in [3.63, 3.8) is 0 Å². The molecule has 4 atom stereocenters. The highest BCUT2D eigenvalue weighted by molar-refractivity contribution is 5.80. The molecular weight excluding hydrogens is 370 g/mol. The van der Waals surface area contributed by atoms with Gasteiger partial charge in [-0.3, -0.25) is 9.80 Å². The molecule has 1 aromatic carbocycles. The van der Waals surface area contributed by atoms with Crippen LogP contribution < -0.4 is 0 Å². The Hall–Kier alpha value is -2.59. The Balaban J connectivity index is 1.62. The molecule has 7 nitrogen and oxygen atoms in total. The molecule has 0 aromatic heterocycles. The van der Waals surface area contributed by atoms with Crippen molar-refractivity contribution in [2.75, 3.05) is 26.7 Å². The molecule has 7 heteroatoms. The lowest BCUT2D eigenvalue weighted by Gasteiger charge is -2.46. The number of rotatable bonds is 6. The van der Waals surface area contributed by atoms with Crippen LogP contribution in [0.4, 0.5) is 4.79 Å². The van der Waals surface area contributed by atoms with Gasteiger partial charge in [0.1, 0.15) is 6.04 Å². The second kappa shape index (κ2) is 9.75. The number of ether oxygens (including phenoxy) is 1. The summed E-state index contributed by atoms with van der Waals surface area (Å²) in [5, 5.41) is 18.8. The van der Waals surface area contributed by atoms with Gasteiger partial charge in [0.2, 0.25) is 0 Å². The lowest BCUT2D eigenvalue weighted by molar-refractivity contribution is -0.146. The number of methoxy groups -OCH3 is 1. The monoisotopic (exact) mass is 399 g/mol. The fourth-order valence-corrected chi connectivity index (χ4v) is 4.96. The first kappa shape index (κ1) is 21.1. The molecule has 1 N–H and O–H groups in total. The second-order valence-electron chi connectivity index (χ2n) is 8.22. The summed E-state index contributed by atoms with van der Waals surface area (Å²) in [6.45, 7) is 2.41. The molecule has 156 valence electrons. The third-order valence-electron chi connectivity index (χ3n) is 6.34. The normalized spacial score (nSPS) is 26.4. The van der Waals surface area contributed by atoms with E-state index in [0.717, 1.165) is 32.4 Å². The molecule has 2 aliphatic rings. The summed E-state index contributed by atoms with van der Waals surface area (Å²) >= 11 is 0. The van der Waals surface area contributed by atoms with E-state index >= 15 is 0 Å². The van der Waals surface area contributed by atoms with E-state index in [0.29, 0.717) is 31.3 Å². The Morgan fingerprint density at radius 2 is 2.00 bits per heavy atom. The zero-order valence-corrected chi connectivity index (χ0v) is 16.9. The van der Waals surface area contributed by atoms with Gasteiger partial charge in [-0.05, 0) is 49.0 Å². The SMILES string of the molecule is COC(=O)N1C[C@@H]2CCC(CN(CC#N)Cc3ccccc3)CC2CC1C(=O)O. The number of hydrogen-bond acceptors (Lipinski definition) is 5. The molecule has 1 aromatic rings. The first-order chi connectivity index (χ1) is 14.0. The summed E-state index contributed by atoms with van der Waals surface area (Å²) in [5.41, 5.74) is 1.19. The molecular formula is C22H29N3O4. The minimum Gasteiger partial charge on any atom is -0.480 e. The summed E-state index contributed by atoms with van der Waals surface area (Å²) in [6.07, 6.45) is 2.87. The van der Waals surface area contributed by atoms with Crippen molar-refractivity contribution in [1.82, 2.24) is 9.80 Å². The molecule has 3 unspecified atom stereocenters. The zero-order valence-electron chi connectivity index (χ0n) is 16.9. The van der Waals surface area contributed by atoms with Crippen molar-refractivity contribution in [3.05, 3.63) is 35.9 Å². The van der Waals surface area contributed by atoms with Gasteiger partial charge in [-0.2, -0.15) is 5.26 Å². The van der Waals surface area contributed by atoms with Gasteiger partial charge in [-0.25, -0.2) is 9.59 Å². The maximum Gasteiger partial charge on any atom is 0.410 e. The number of likely N-dealkylation sites (tertiary alicyclic amines) is 1.